The molecule has 0 radical (unpaired) electrons. The lowest BCUT2D eigenvalue weighted by Gasteiger charge is -2.38. The Hall–Kier alpha value is -0.390. The van der Waals surface area contributed by atoms with E-state index in [0.29, 0.717) is 0 Å². The third-order valence-corrected chi connectivity index (χ3v) is 3.50. The number of hydrogen-bond acceptors (Lipinski definition) is 4. The van der Waals surface area contributed by atoms with Gasteiger partial charge in [0.05, 0.1) is 12.6 Å². The maximum Gasteiger partial charge on any atom is 0.265 e. The molecule has 18 heavy (non-hydrogen) atoms. The van der Waals surface area contributed by atoms with Gasteiger partial charge < -0.3 is 9.47 Å². The molecule has 0 aliphatic carbocycles. The van der Waals surface area contributed by atoms with Gasteiger partial charge in [0.25, 0.3) is 3.79 Å². The van der Waals surface area contributed by atoms with Crippen molar-refractivity contribution < 1.29 is 9.47 Å². The van der Waals surface area contributed by atoms with E-state index in [1.807, 2.05) is 13.8 Å². The zero-order valence-corrected chi connectivity index (χ0v) is 12.1. The maximum atomic E-state index is 8.43. The predicted octanol–water partition coefficient (Wildman–Crippen LogP) is 3.66. The molecule has 1 unspecified atom stereocenters. The van der Waals surface area contributed by atoms with Crippen LogP contribution in [0.1, 0.15) is 13.8 Å². The molecule has 1 aliphatic rings. The minimum Gasteiger partial charge on any atom is -0.448 e. The molecule has 0 bridgehead atoms. The van der Waals surface area contributed by atoms with E-state index in [4.69, 9.17) is 55.2 Å². The molecule has 4 atom stereocenters. The molecular weight excluding hydrogens is 302 g/mol. The molecule has 6 nitrogen and oxygen atoms in total. The van der Waals surface area contributed by atoms with Crippen molar-refractivity contribution in [3.63, 3.8) is 0 Å². The number of ether oxygens (including phenoxy) is 2. The van der Waals surface area contributed by atoms with Gasteiger partial charge >= 0.3 is 0 Å². The summed E-state index contributed by atoms with van der Waals surface area (Å²) in [5, 5.41) is 11.1. The highest BCUT2D eigenvalue weighted by molar-refractivity contribution is 6.76. The fourth-order valence-electron chi connectivity index (χ4n) is 1.62. The number of hydrogen-bond donors (Lipinski definition) is 1. The second-order valence-corrected chi connectivity index (χ2v) is 6.42. The zero-order chi connectivity index (χ0) is 13.9. The van der Waals surface area contributed by atoms with E-state index in [-0.39, 0.29) is 24.5 Å². The molecular formula is C9H13Cl3N4O2. The highest BCUT2D eigenvalue weighted by Crippen LogP contribution is 2.33. The Morgan fingerprint density at radius 1 is 1.44 bits per heavy atom. The van der Waals surface area contributed by atoms with Gasteiger partial charge in [-0.1, -0.05) is 53.8 Å². The molecule has 1 aliphatic heterocycles. The quantitative estimate of drug-likeness (QED) is 0.210. The highest BCUT2D eigenvalue weighted by atomic mass is 35.6. The summed E-state index contributed by atoms with van der Waals surface area (Å²) in [5.74, 6) is -0.538. The SMILES string of the molecule is C[C@@H]1[C@@H](N=[N+]=[N-])COC(OC(=N)C(Cl)(Cl)Cl)[C@H]1C. The minimum atomic E-state index is -1.91. The van der Waals surface area contributed by atoms with Crippen molar-refractivity contribution in [2.75, 3.05) is 6.61 Å². The predicted molar refractivity (Wildman–Crippen MR) is 70.1 cm³/mol. The monoisotopic (exact) mass is 314 g/mol. The summed E-state index contributed by atoms with van der Waals surface area (Å²) in [6, 6.07) is -0.258. The van der Waals surface area contributed by atoms with Crippen molar-refractivity contribution >= 4 is 40.7 Å². The lowest BCUT2D eigenvalue weighted by molar-refractivity contribution is -0.167. The van der Waals surface area contributed by atoms with E-state index >= 15 is 0 Å². The topological polar surface area (TPSA) is 91.1 Å². The summed E-state index contributed by atoms with van der Waals surface area (Å²) < 4.78 is 8.67. The number of nitrogens with one attached hydrogen (secondary N) is 1. The van der Waals surface area contributed by atoms with Crippen LogP contribution in [-0.4, -0.2) is 28.6 Å². The fraction of sp³-hybridized carbons (Fsp3) is 0.889. The number of halogens is 3. The number of nitrogens with zero attached hydrogens (tertiary/aromatic N) is 3. The van der Waals surface area contributed by atoms with Crippen molar-refractivity contribution in [1.82, 2.24) is 0 Å². The van der Waals surface area contributed by atoms with E-state index in [0.717, 1.165) is 0 Å². The highest BCUT2D eigenvalue weighted by Gasteiger charge is 2.39. The first-order chi connectivity index (χ1) is 8.27. The summed E-state index contributed by atoms with van der Waals surface area (Å²) in [6.07, 6.45) is -0.687. The molecule has 1 rings (SSSR count). The Balaban J connectivity index is 2.66. The Labute approximate surface area is 120 Å². The minimum absolute atomic E-state index is 0.0443. The number of alkyl halides is 3. The molecule has 0 aromatic rings. The van der Waals surface area contributed by atoms with Gasteiger partial charge in [0, 0.05) is 10.8 Å². The van der Waals surface area contributed by atoms with Crippen molar-refractivity contribution in [2.24, 2.45) is 17.0 Å². The Kier molecular flexibility index (Phi) is 5.37. The van der Waals surface area contributed by atoms with Crippen LogP contribution in [0.2, 0.25) is 0 Å². The molecule has 0 saturated carbocycles. The largest absolute Gasteiger partial charge is 0.448 e. The molecule has 1 fully saturated rings. The molecule has 0 aromatic heterocycles. The van der Waals surface area contributed by atoms with Crippen LogP contribution in [0.4, 0.5) is 0 Å². The summed E-state index contributed by atoms with van der Waals surface area (Å²) in [7, 11) is 0. The van der Waals surface area contributed by atoms with Gasteiger partial charge in [0.2, 0.25) is 12.2 Å². The molecule has 1 saturated heterocycles. The third kappa shape index (κ3) is 3.80. The van der Waals surface area contributed by atoms with E-state index < -0.39 is 16.0 Å². The number of azide groups is 1. The zero-order valence-electron chi connectivity index (χ0n) is 9.81. The van der Waals surface area contributed by atoms with Crippen molar-refractivity contribution in [1.29, 1.82) is 5.41 Å². The first kappa shape index (κ1) is 15.7. The Bertz CT molecular complexity index is 367. The maximum absolute atomic E-state index is 8.43. The Morgan fingerprint density at radius 3 is 2.56 bits per heavy atom. The van der Waals surface area contributed by atoms with Crippen LogP contribution in [0.5, 0.6) is 0 Å². The van der Waals surface area contributed by atoms with Crippen LogP contribution in [-0.2, 0) is 9.47 Å². The lowest BCUT2D eigenvalue weighted by atomic mass is 9.87. The standard InChI is InChI=1S/C9H13Cl3N4O2/c1-4-5(2)7(17-3-6(4)15-16-14)18-8(13)9(10,11)12/h4-7,13H,3H2,1-2H3/t4-,5-,6-,7?/m0/s1. The Morgan fingerprint density at radius 2 is 2.06 bits per heavy atom. The summed E-state index contributed by atoms with van der Waals surface area (Å²) in [4.78, 5) is 2.77. The molecule has 102 valence electrons. The first-order valence-corrected chi connectivity index (χ1v) is 6.39. The van der Waals surface area contributed by atoms with Gasteiger partial charge in [-0.25, -0.2) is 0 Å². The molecule has 0 amide bonds. The first-order valence-electron chi connectivity index (χ1n) is 5.25. The molecule has 1 N–H and O–H groups in total. The lowest BCUT2D eigenvalue weighted by Crippen LogP contribution is -2.45. The summed E-state index contributed by atoms with van der Waals surface area (Å²) in [6.45, 7) is 4.00. The van der Waals surface area contributed by atoms with E-state index in [1.54, 1.807) is 0 Å². The third-order valence-electron chi connectivity index (χ3n) is 2.99. The second-order valence-electron chi connectivity index (χ2n) is 4.14. The van der Waals surface area contributed by atoms with Crippen molar-refractivity contribution in [2.45, 2.75) is 30.0 Å². The van der Waals surface area contributed by atoms with Gasteiger partial charge in [0.1, 0.15) is 0 Å². The molecule has 0 spiro atoms. The smallest absolute Gasteiger partial charge is 0.265 e. The normalized spacial score (nSPS) is 32.5. The molecule has 1 heterocycles. The summed E-state index contributed by atoms with van der Waals surface area (Å²) >= 11 is 16.6. The van der Waals surface area contributed by atoms with Gasteiger partial charge in [-0.3, -0.25) is 5.41 Å². The van der Waals surface area contributed by atoms with Gasteiger partial charge in [-0.15, -0.1) is 0 Å². The summed E-state index contributed by atoms with van der Waals surface area (Å²) in [5.41, 5.74) is 8.43. The fourth-order valence-corrected chi connectivity index (χ4v) is 1.76. The average molecular weight is 316 g/mol. The van der Waals surface area contributed by atoms with Crippen LogP contribution in [0.3, 0.4) is 0 Å². The van der Waals surface area contributed by atoms with E-state index in [2.05, 4.69) is 10.0 Å². The van der Waals surface area contributed by atoms with Crippen LogP contribution < -0.4 is 0 Å². The van der Waals surface area contributed by atoms with Crippen LogP contribution in [0.15, 0.2) is 5.11 Å². The molecule has 9 heteroatoms. The average Bonchev–Trinajstić information content (AvgIpc) is 2.27. The van der Waals surface area contributed by atoms with Gasteiger partial charge in [-0.05, 0) is 11.4 Å². The van der Waals surface area contributed by atoms with E-state index in [1.165, 1.54) is 0 Å². The van der Waals surface area contributed by atoms with Gasteiger partial charge in [-0.2, -0.15) is 0 Å². The van der Waals surface area contributed by atoms with Crippen LogP contribution in [0.25, 0.3) is 10.4 Å². The second kappa shape index (κ2) is 6.17. The molecule has 0 aromatic carbocycles. The van der Waals surface area contributed by atoms with Crippen LogP contribution >= 0.6 is 34.8 Å². The van der Waals surface area contributed by atoms with Crippen molar-refractivity contribution in [3.8, 4) is 0 Å². The van der Waals surface area contributed by atoms with Gasteiger partial charge in [0.15, 0.2) is 0 Å². The van der Waals surface area contributed by atoms with Crippen LogP contribution in [0, 0.1) is 17.2 Å². The number of rotatable bonds is 2. The van der Waals surface area contributed by atoms with E-state index in [9.17, 15) is 0 Å². The van der Waals surface area contributed by atoms with Crippen molar-refractivity contribution in [3.05, 3.63) is 10.4 Å².